The second kappa shape index (κ2) is 3.72. The van der Waals surface area contributed by atoms with E-state index >= 15 is 0 Å². The molecule has 1 radical (unpaired) electrons. The first-order valence-electron chi connectivity index (χ1n) is 2.39. The Morgan fingerprint density at radius 2 is 1.90 bits per heavy atom. The lowest BCUT2D eigenvalue weighted by Gasteiger charge is -2.10. The first-order valence-corrected chi connectivity index (χ1v) is 2.39. The van der Waals surface area contributed by atoms with E-state index in [1.165, 1.54) is 0 Å². The van der Waals surface area contributed by atoms with Crippen LogP contribution in [0.3, 0.4) is 0 Å². The minimum Gasteiger partial charge on any atom is -0.339 e. The first kappa shape index (κ1) is 9.64. The van der Waals surface area contributed by atoms with Gasteiger partial charge in [-0.3, -0.25) is 0 Å². The number of ether oxygens (including phenoxy) is 1. The summed E-state index contributed by atoms with van der Waals surface area (Å²) in [5.41, 5.74) is 0. The van der Waals surface area contributed by atoms with E-state index in [4.69, 9.17) is 0 Å². The predicted molar refractivity (Wildman–Crippen MR) is 22.5 cm³/mol. The summed E-state index contributed by atoms with van der Waals surface area (Å²) in [6.45, 7) is -1.64. The molecular formula is C4H5F4O2. The van der Waals surface area contributed by atoms with Crippen molar-refractivity contribution in [2.45, 2.75) is 12.5 Å². The maximum Gasteiger partial charge on any atom is 0.445 e. The van der Waals surface area contributed by atoms with Crippen LogP contribution in [0.15, 0.2) is 0 Å². The highest BCUT2D eigenvalue weighted by Gasteiger charge is 2.41. The first-order chi connectivity index (χ1) is 4.48. The summed E-state index contributed by atoms with van der Waals surface area (Å²) in [4.78, 5) is 0. The van der Waals surface area contributed by atoms with Crippen LogP contribution in [-0.4, -0.2) is 25.7 Å². The van der Waals surface area contributed by atoms with Crippen LogP contribution in [0.5, 0.6) is 0 Å². The van der Waals surface area contributed by atoms with E-state index in [0.717, 1.165) is 0 Å². The molecule has 0 saturated carbocycles. The molecule has 0 heterocycles. The smallest absolute Gasteiger partial charge is 0.339 e. The van der Waals surface area contributed by atoms with Crippen molar-refractivity contribution in [2.24, 2.45) is 0 Å². The fourth-order valence-corrected chi connectivity index (χ4v) is 0.246. The van der Waals surface area contributed by atoms with Crippen molar-refractivity contribution in [1.29, 1.82) is 0 Å². The standard InChI is InChI=1S/C4H5F4O2/c5-3(4(6,7)8)10-2-1-9/h3H,1-2H2. The Bertz CT molecular complexity index is 91.7. The van der Waals surface area contributed by atoms with Gasteiger partial charge in [0.25, 0.3) is 6.36 Å². The Hall–Kier alpha value is -0.360. The van der Waals surface area contributed by atoms with Gasteiger partial charge in [0, 0.05) is 0 Å². The molecule has 0 fully saturated rings. The van der Waals surface area contributed by atoms with E-state index < -0.39 is 25.7 Å². The Balaban J connectivity index is 3.52. The van der Waals surface area contributed by atoms with Crippen LogP contribution in [0.1, 0.15) is 0 Å². The molecule has 0 aromatic carbocycles. The third kappa shape index (κ3) is 3.62. The van der Waals surface area contributed by atoms with Gasteiger partial charge in [0.1, 0.15) is 6.61 Å². The average molecular weight is 161 g/mol. The molecule has 0 saturated heterocycles. The minimum absolute atomic E-state index is 0.763. The molecule has 0 spiro atoms. The highest BCUT2D eigenvalue weighted by Crippen LogP contribution is 2.23. The Kier molecular flexibility index (Phi) is 3.59. The lowest BCUT2D eigenvalue weighted by Crippen LogP contribution is -2.28. The zero-order valence-corrected chi connectivity index (χ0v) is 4.82. The average Bonchev–Trinajstić information content (AvgIpc) is 1.80. The van der Waals surface area contributed by atoms with Gasteiger partial charge in [-0.05, 0) is 0 Å². The van der Waals surface area contributed by atoms with Crippen molar-refractivity contribution in [3.05, 3.63) is 0 Å². The van der Waals surface area contributed by atoms with E-state index in [0.29, 0.717) is 0 Å². The Labute approximate surface area is 54.4 Å². The summed E-state index contributed by atoms with van der Waals surface area (Å²) in [7, 11) is 0. The van der Waals surface area contributed by atoms with E-state index in [-0.39, 0.29) is 0 Å². The quantitative estimate of drug-likeness (QED) is 0.573. The maximum absolute atomic E-state index is 11.6. The molecule has 1 atom stereocenters. The topological polar surface area (TPSA) is 29.1 Å². The molecule has 0 aromatic rings. The van der Waals surface area contributed by atoms with Gasteiger partial charge in [0.15, 0.2) is 0 Å². The van der Waals surface area contributed by atoms with Crippen LogP contribution in [0.4, 0.5) is 17.6 Å². The van der Waals surface area contributed by atoms with Gasteiger partial charge in [-0.25, -0.2) is 9.50 Å². The second-order valence-electron chi connectivity index (χ2n) is 1.43. The molecule has 2 nitrogen and oxygen atoms in total. The van der Waals surface area contributed by atoms with Crippen molar-refractivity contribution >= 4 is 0 Å². The molecule has 0 aromatic heterocycles. The summed E-state index contributed by atoms with van der Waals surface area (Å²) in [5, 5.41) is 9.50. The molecular weight excluding hydrogens is 156 g/mol. The molecule has 1 unspecified atom stereocenters. The van der Waals surface area contributed by atoms with Crippen LogP contribution in [0.25, 0.3) is 0 Å². The van der Waals surface area contributed by atoms with Gasteiger partial charge in [0.05, 0.1) is 6.61 Å². The van der Waals surface area contributed by atoms with Crippen LogP contribution in [-0.2, 0) is 9.84 Å². The summed E-state index contributed by atoms with van der Waals surface area (Å²) in [6, 6.07) is 0. The molecule has 0 aliphatic rings. The number of hydrogen-bond acceptors (Lipinski definition) is 1. The monoisotopic (exact) mass is 161 g/mol. The van der Waals surface area contributed by atoms with E-state index in [2.05, 4.69) is 4.74 Å². The molecule has 0 bridgehead atoms. The molecule has 0 aliphatic heterocycles. The largest absolute Gasteiger partial charge is 0.445 e. The fraction of sp³-hybridized carbons (Fsp3) is 1.00. The molecule has 6 heteroatoms. The normalized spacial score (nSPS) is 15.3. The second-order valence-corrected chi connectivity index (χ2v) is 1.43. The van der Waals surface area contributed by atoms with Gasteiger partial charge in [-0.15, -0.1) is 0 Å². The summed E-state index contributed by atoms with van der Waals surface area (Å²) >= 11 is 0. The van der Waals surface area contributed by atoms with Crippen molar-refractivity contribution in [2.75, 3.05) is 13.2 Å². The van der Waals surface area contributed by atoms with Gasteiger partial charge in [-0.1, -0.05) is 0 Å². The van der Waals surface area contributed by atoms with E-state index in [1.54, 1.807) is 0 Å². The highest BCUT2D eigenvalue weighted by atomic mass is 19.4. The summed E-state index contributed by atoms with van der Waals surface area (Å²) in [6.07, 6.45) is -8.35. The number of hydrogen-bond donors (Lipinski definition) is 0. The molecule has 0 N–H and O–H groups in total. The SMILES string of the molecule is [O]CCOC(F)C(F)(F)F. The number of alkyl halides is 4. The van der Waals surface area contributed by atoms with Crippen LogP contribution in [0.2, 0.25) is 0 Å². The van der Waals surface area contributed by atoms with Crippen molar-refractivity contribution in [3.8, 4) is 0 Å². The molecule has 0 amide bonds. The van der Waals surface area contributed by atoms with Gasteiger partial charge >= 0.3 is 6.18 Å². The van der Waals surface area contributed by atoms with Gasteiger partial charge in [0.2, 0.25) is 0 Å². The minimum atomic E-state index is -5.02. The van der Waals surface area contributed by atoms with Crippen LogP contribution >= 0.6 is 0 Å². The predicted octanol–water partition coefficient (Wildman–Crippen LogP) is 1.29. The molecule has 0 rings (SSSR count). The van der Waals surface area contributed by atoms with Crippen molar-refractivity contribution in [3.63, 3.8) is 0 Å². The number of rotatable bonds is 3. The number of halogens is 4. The molecule has 0 aliphatic carbocycles. The summed E-state index contributed by atoms with van der Waals surface area (Å²) in [5.74, 6) is 0. The van der Waals surface area contributed by atoms with Crippen molar-refractivity contribution < 1.29 is 27.4 Å². The lowest BCUT2D eigenvalue weighted by molar-refractivity contribution is -0.266. The van der Waals surface area contributed by atoms with Gasteiger partial charge < -0.3 is 4.74 Å². The molecule has 61 valence electrons. The zero-order chi connectivity index (χ0) is 8.20. The molecule has 10 heavy (non-hydrogen) atoms. The lowest BCUT2D eigenvalue weighted by atomic mass is 10.6. The van der Waals surface area contributed by atoms with E-state index in [1.807, 2.05) is 0 Å². The van der Waals surface area contributed by atoms with Crippen molar-refractivity contribution in [1.82, 2.24) is 0 Å². The Morgan fingerprint density at radius 3 is 2.20 bits per heavy atom. The van der Waals surface area contributed by atoms with Gasteiger partial charge in [-0.2, -0.15) is 13.2 Å². The van der Waals surface area contributed by atoms with E-state index in [9.17, 15) is 22.7 Å². The van der Waals surface area contributed by atoms with Crippen LogP contribution < -0.4 is 0 Å². The summed E-state index contributed by atoms with van der Waals surface area (Å²) < 4.78 is 48.6. The third-order valence-electron chi connectivity index (χ3n) is 0.605. The third-order valence-corrected chi connectivity index (χ3v) is 0.605. The highest BCUT2D eigenvalue weighted by molar-refractivity contribution is 4.52. The Morgan fingerprint density at radius 1 is 1.40 bits per heavy atom. The fourth-order valence-electron chi connectivity index (χ4n) is 0.246. The van der Waals surface area contributed by atoms with Crippen LogP contribution in [0, 0.1) is 0 Å². The maximum atomic E-state index is 11.6. The zero-order valence-electron chi connectivity index (χ0n) is 4.82.